The molecule has 0 aromatic heterocycles. The number of likely N-dealkylation sites (N-methyl/N-ethyl adjacent to an activating group) is 1. The Labute approximate surface area is 370 Å². The predicted molar refractivity (Wildman–Crippen MR) is 239 cm³/mol. The van der Waals surface area contributed by atoms with Crippen molar-refractivity contribution in [2.75, 3.05) is 32.2 Å². The third-order valence-corrected chi connectivity index (χ3v) is 20.4. The number of ether oxygens (including phenoxy) is 2. The van der Waals surface area contributed by atoms with Gasteiger partial charge < -0.3 is 29.7 Å². The van der Waals surface area contributed by atoms with Crippen LogP contribution in [-0.4, -0.2) is 78.3 Å². The molecule has 9 heteroatoms. The predicted octanol–water partition coefficient (Wildman–Crippen LogP) is 9.49. The van der Waals surface area contributed by atoms with Gasteiger partial charge in [-0.3, -0.25) is 9.59 Å². The van der Waals surface area contributed by atoms with Gasteiger partial charge in [-0.05, 0) is 190 Å². The van der Waals surface area contributed by atoms with Crippen LogP contribution in [0, 0.1) is 69.4 Å². The lowest BCUT2D eigenvalue weighted by atomic mass is 9.43. The largest absolute Gasteiger partial charge is 0.469 e. The molecule has 342 valence electrons. The van der Waals surface area contributed by atoms with Crippen molar-refractivity contribution in [1.82, 2.24) is 0 Å². The molecule has 3 N–H and O–H groups in total. The molecule has 0 spiro atoms. The summed E-state index contributed by atoms with van der Waals surface area (Å²) in [7, 11) is 3.38. The van der Waals surface area contributed by atoms with E-state index in [1.54, 1.807) is 6.07 Å². The number of esters is 1. The molecule has 0 bridgehead atoms. The fourth-order valence-electron chi connectivity index (χ4n) is 16.6. The highest BCUT2D eigenvalue weighted by atomic mass is 19.1. The molecule has 0 saturated heterocycles. The highest BCUT2D eigenvalue weighted by Crippen LogP contribution is 2.69. The van der Waals surface area contributed by atoms with Crippen LogP contribution in [0.25, 0.3) is 0 Å². The van der Waals surface area contributed by atoms with Crippen LogP contribution in [0.1, 0.15) is 149 Å². The van der Waals surface area contributed by atoms with E-state index in [0.717, 1.165) is 95.5 Å². The maximum Gasteiger partial charge on any atom is 0.305 e. The van der Waals surface area contributed by atoms with Crippen LogP contribution in [0.5, 0.6) is 0 Å². The second kappa shape index (κ2) is 16.4. The van der Waals surface area contributed by atoms with Crippen molar-refractivity contribution in [3.05, 3.63) is 52.4 Å². The lowest BCUT2D eigenvalue weighted by molar-refractivity contribution is -0.209. The number of carbonyl (C=O) groups is 2. The van der Waals surface area contributed by atoms with Gasteiger partial charge in [0.25, 0.3) is 0 Å². The Kier molecular flexibility index (Phi) is 11.8. The first-order valence-corrected chi connectivity index (χ1v) is 24.7. The Hall–Kier alpha value is -2.59. The van der Waals surface area contributed by atoms with Gasteiger partial charge in [0.15, 0.2) is 5.78 Å². The second-order valence-corrected chi connectivity index (χ2v) is 22.9. The Balaban J connectivity index is 0.842. The smallest absolute Gasteiger partial charge is 0.305 e. The van der Waals surface area contributed by atoms with Crippen molar-refractivity contribution in [2.24, 2.45) is 63.6 Å². The lowest BCUT2D eigenvalue weighted by Gasteiger charge is -2.63. The summed E-state index contributed by atoms with van der Waals surface area (Å²) in [5.74, 6) is 2.19. The number of hydrogen-bond donors (Lipinski definition) is 3. The molecular formula is C53H76FNO7. The summed E-state index contributed by atoms with van der Waals surface area (Å²) in [5.41, 5.74) is 4.20. The Morgan fingerprint density at radius 1 is 0.968 bits per heavy atom. The van der Waals surface area contributed by atoms with Gasteiger partial charge >= 0.3 is 5.97 Å². The molecular weight excluding hydrogens is 782 g/mol. The highest BCUT2D eigenvalue weighted by molar-refractivity contribution is 5.93. The number of ketones is 1. The molecule has 16 atom stereocenters. The molecule has 1 aromatic carbocycles. The molecule has 8 aliphatic carbocycles. The molecule has 8 aliphatic rings. The summed E-state index contributed by atoms with van der Waals surface area (Å²) in [4.78, 5) is 26.4. The number of aliphatic hydroxyl groups excluding tert-OH is 2. The van der Waals surface area contributed by atoms with E-state index < -0.39 is 17.8 Å². The molecule has 1 aromatic rings. The van der Waals surface area contributed by atoms with Crippen LogP contribution in [0.15, 0.2) is 41.0 Å². The van der Waals surface area contributed by atoms with E-state index in [0.29, 0.717) is 61.3 Å². The van der Waals surface area contributed by atoms with Crippen LogP contribution >= 0.6 is 0 Å². The zero-order valence-corrected chi connectivity index (χ0v) is 38.8. The molecule has 0 heterocycles. The van der Waals surface area contributed by atoms with Crippen molar-refractivity contribution in [2.45, 2.75) is 167 Å². The zero-order chi connectivity index (χ0) is 44.1. The molecule has 6 saturated carbocycles. The molecule has 0 radical (unpaired) electrons. The average Bonchev–Trinajstić information content (AvgIpc) is 3.72. The summed E-state index contributed by atoms with van der Waals surface area (Å²) in [6.45, 7) is 12.3. The molecule has 0 aliphatic heterocycles. The minimum absolute atomic E-state index is 0.00459. The first-order valence-electron chi connectivity index (χ1n) is 24.7. The van der Waals surface area contributed by atoms with Crippen molar-refractivity contribution in [3.8, 4) is 0 Å². The van der Waals surface area contributed by atoms with Gasteiger partial charge in [0.1, 0.15) is 5.82 Å². The Bertz CT molecular complexity index is 1980. The van der Waals surface area contributed by atoms with E-state index >= 15 is 4.39 Å². The van der Waals surface area contributed by atoms with Gasteiger partial charge in [-0.15, -0.1) is 0 Å². The van der Waals surface area contributed by atoms with Crippen LogP contribution in [0.4, 0.5) is 10.1 Å². The summed E-state index contributed by atoms with van der Waals surface area (Å²) in [6, 6.07) is 5.78. The molecule has 2 unspecified atom stereocenters. The third kappa shape index (κ3) is 7.10. The van der Waals surface area contributed by atoms with Crippen molar-refractivity contribution in [1.29, 1.82) is 0 Å². The number of anilines is 1. The molecule has 9 rings (SSSR count). The minimum atomic E-state index is -0.770. The normalized spacial score (nSPS) is 44.0. The monoisotopic (exact) mass is 858 g/mol. The zero-order valence-electron chi connectivity index (χ0n) is 38.8. The number of aliphatic hydroxyl groups is 3. The SMILES string of the molecule is COC(=O)CC[C@@H](C)[C@H]1CC[C@H]2[C@@H]3[C@H](O)C[C@@H]4C[C@@H](OCCN(C)c5ccc([C@H]6C[C@@]7(C)C(CC[C@]7(C)O)C7CCC8=CC(=O)CCC8=C76)cc5F)CC[C@]4(C)[C@H]3C[C@H](O)[C@]12C. The van der Waals surface area contributed by atoms with Crippen molar-refractivity contribution < 1.29 is 38.8 Å². The summed E-state index contributed by atoms with van der Waals surface area (Å²) >= 11 is 0. The van der Waals surface area contributed by atoms with Crippen LogP contribution in [0.3, 0.4) is 0 Å². The summed E-state index contributed by atoms with van der Waals surface area (Å²) in [5, 5.41) is 35.8. The van der Waals surface area contributed by atoms with Gasteiger partial charge in [-0.25, -0.2) is 4.39 Å². The number of halogens is 1. The molecule has 62 heavy (non-hydrogen) atoms. The van der Waals surface area contributed by atoms with E-state index in [4.69, 9.17) is 9.47 Å². The van der Waals surface area contributed by atoms with Gasteiger partial charge in [-0.1, -0.05) is 39.3 Å². The number of hydrogen-bond acceptors (Lipinski definition) is 8. The van der Waals surface area contributed by atoms with E-state index in [2.05, 4.69) is 33.8 Å². The maximum atomic E-state index is 16.4. The first kappa shape index (κ1) is 44.6. The standard InChI is InChI=1S/C53H76FNO7/c1-30(8-17-47(59)61-7)39-14-15-41-49-42(28-46(58)53(39,41)5)50(2)20-18-35(26-33(50)27-45(49)57)62-23-22-55(6)44-16-10-32(25-43(44)54)38-29-51(3)40(19-21-52(51,4)60)37-12-9-31-24-34(56)11-13-36(31)48(37)38/h10,16,24-25,30,33,35,37-42,45-46,49,57-58,60H,8-9,11-15,17-23,26-29H2,1-7H3/t30-,33+,35+,37?,38-,39-,40?,41+,42+,45-,46+,49+,50+,51+,52+,53-/m1/s1. The van der Waals surface area contributed by atoms with Crippen molar-refractivity contribution in [3.63, 3.8) is 0 Å². The quantitative estimate of drug-likeness (QED) is 0.200. The fourth-order valence-corrected chi connectivity index (χ4v) is 16.6. The second-order valence-electron chi connectivity index (χ2n) is 22.9. The average molecular weight is 858 g/mol. The van der Waals surface area contributed by atoms with Gasteiger partial charge in [0, 0.05) is 37.8 Å². The van der Waals surface area contributed by atoms with Crippen LogP contribution in [-0.2, 0) is 19.1 Å². The number of fused-ring (bicyclic) bond motifs is 9. The first-order chi connectivity index (χ1) is 29.4. The number of nitrogens with zero attached hydrogens (tertiary/aromatic N) is 1. The van der Waals surface area contributed by atoms with Crippen molar-refractivity contribution >= 4 is 17.4 Å². The van der Waals surface area contributed by atoms with Gasteiger partial charge in [-0.2, -0.15) is 0 Å². The van der Waals surface area contributed by atoms with E-state index in [1.807, 2.05) is 31.0 Å². The lowest BCUT2D eigenvalue weighted by Crippen LogP contribution is -2.62. The molecule has 8 nitrogen and oxygen atoms in total. The highest BCUT2D eigenvalue weighted by Gasteiger charge is 2.66. The number of carbonyl (C=O) groups excluding carboxylic acids is 2. The molecule has 0 amide bonds. The Morgan fingerprint density at radius 3 is 2.52 bits per heavy atom. The van der Waals surface area contributed by atoms with E-state index in [1.165, 1.54) is 23.8 Å². The fraction of sp³-hybridized carbons (Fsp3) is 0.774. The molecule has 6 fully saturated rings. The van der Waals surface area contributed by atoms with Gasteiger partial charge in [0.05, 0.1) is 43.3 Å². The number of benzene rings is 1. The summed E-state index contributed by atoms with van der Waals surface area (Å²) in [6.07, 6.45) is 14.5. The van der Waals surface area contributed by atoms with Crippen LogP contribution < -0.4 is 4.90 Å². The number of methoxy groups -OCH3 is 1. The van der Waals surface area contributed by atoms with E-state index in [-0.39, 0.29) is 63.6 Å². The number of rotatable bonds is 10. The van der Waals surface area contributed by atoms with Gasteiger partial charge in [0.2, 0.25) is 0 Å². The minimum Gasteiger partial charge on any atom is -0.469 e. The third-order valence-electron chi connectivity index (χ3n) is 20.4. The van der Waals surface area contributed by atoms with E-state index in [9.17, 15) is 24.9 Å². The number of allylic oxidation sites excluding steroid dienone is 4. The Morgan fingerprint density at radius 2 is 1.76 bits per heavy atom. The van der Waals surface area contributed by atoms with Crippen LogP contribution in [0.2, 0.25) is 0 Å². The summed E-state index contributed by atoms with van der Waals surface area (Å²) < 4.78 is 27.9. The maximum absolute atomic E-state index is 16.4. The topological polar surface area (TPSA) is 117 Å².